The molecular weight excluding hydrogens is 359 g/mol. The Hall–Kier alpha value is -3.87. The van der Waals surface area contributed by atoms with E-state index in [0.717, 1.165) is 5.56 Å². The molecule has 4 aromatic rings. The van der Waals surface area contributed by atoms with Crippen LogP contribution in [-0.2, 0) is 0 Å². The number of nitrogens with zero attached hydrogens (tertiary/aromatic N) is 2. The summed E-state index contributed by atoms with van der Waals surface area (Å²) in [6, 6.07) is 16.5. The molecule has 7 heteroatoms. The first-order valence-corrected chi connectivity index (χ1v) is 8.48. The summed E-state index contributed by atoms with van der Waals surface area (Å²) in [6.07, 6.45) is 0. The molecule has 0 saturated carbocycles. The van der Waals surface area contributed by atoms with Crippen molar-refractivity contribution in [1.29, 1.82) is 0 Å². The van der Waals surface area contributed by atoms with Crippen LogP contribution in [0.1, 0.15) is 0 Å². The van der Waals surface area contributed by atoms with E-state index in [1.54, 1.807) is 43.5 Å². The average Bonchev–Trinajstić information content (AvgIpc) is 2.70. The molecular formula is C21H17FN4O2. The van der Waals surface area contributed by atoms with E-state index in [2.05, 4.69) is 9.97 Å². The topological polar surface area (TPSA) is 96.3 Å². The molecule has 0 aliphatic carbocycles. The van der Waals surface area contributed by atoms with Gasteiger partial charge in [0.05, 0.1) is 18.3 Å². The van der Waals surface area contributed by atoms with Gasteiger partial charge in [-0.2, -0.15) is 0 Å². The van der Waals surface area contributed by atoms with Gasteiger partial charge in [-0.3, -0.25) is 0 Å². The molecule has 0 aliphatic rings. The van der Waals surface area contributed by atoms with Crippen LogP contribution >= 0.6 is 0 Å². The molecule has 4 N–H and O–H groups in total. The minimum atomic E-state index is -0.313. The second kappa shape index (κ2) is 7.03. The smallest absolute Gasteiger partial charge is 0.162 e. The second-order valence-electron chi connectivity index (χ2n) is 6.12. The highest BCUT2D eigenvalue weighted by Gasteiger charge is 2.11. The Bertz CT molecular complexity index is 1150. The fraction of sp³-hybridized carbons (Fsp3) is 0.0476. The molecule has 0 aliphatic heterocycles. The molecule has 0 unspecified atom stereocenters. The molecule has 0 saturated heterocycles. The maximum absolute atomic E-state index is 13.0. The average molecular weight is 376 g/mol. The van der Waals surface area contributed by atoms with Crippen molar-refractivity contribution in [2.75, 3.05) is 18.6 Å². The van der Waals surface area contributed by atoms with E-state index in [1.165, 1.54) is 12.1 Å². The molecule has 1 heterocycles. The fourth-order valence-corrected chi connectivity index (χ4v) is 2.81. The maximum atomic E-state index is 13.0. The number of halogens is 1. The Morgan fingerprint density at radius 2 is 1.50 bits per heavy atom. The lowest BCUT2D eigenvalue weighted by Gasteiger charge is -2.10. The van der Waals surface area contributed by atoms with Gasteiger partial charge in [0, 0.05) is 17.0 Å². The highest BCUT2D eigenvalue weighted by molar-refractivity contribution is 5.93. The zero-order chi connectivity index (χ0) is 19.7. The third kappa shape index (κ3) is 3.37. The van der Waals surface area contributed by atoms with Gasteiger partial charge in [0.15, 0.2) is 5.82 Å². The second-order valence-corrected chi connectivity index (χ2v) is 6.12. The van der Waals surface area contributed by atoms with Gasteiger partial charge in [-0.15, -0.1) is 0 Å². The molecule has 6 nitrogen and oxygen atoms in total. The van der Waals surface area contributed by atoms with Crippen molar-refractivity contribution >= 4 is 22.4 Å². The first-order chi connectivity index (χ1) is 13.5. The summed E-state index contributed by atoms with van der Waals surface area (Å²) in [5.74, 6) is 2.18. The van der Waals surface area contributed by atoms with E-state index in [0.29, 0.717) is 45.5 Å². The Kier molecular flexibility index (Phi) is 4.41. The number of fused-ring (bicyclic) bond motifs is 1. The molecule has 0 atom stereocenters. The van der Waals surface area contributed by atoms with Gasteiger partial charge >= 0.3 is 0 Å². The summed E-state index contributed by atoms with van der Waals surface area (Å²) in [5, 5.41) is 0.665. The van der Waals surface area contributed by atoms with E-state index < -0.39 is 0 Å². The van der Waals surface area contributed by atoms with Crippen molar-refractivity contribution in [3.05, 3.63) is 66.5 Å². The van der Waals surface area contributed by atoms with Crippen LogP contribution < -0.4 is 20.9 Å². The predicted molar refractivity (Wildman–Crippen MR) is 107 cm³/mol. The minimum absolute atomic E-state index is 0.313. The van der Waals surface area contributed by atoms with E-state index in [9.17, 15) is 4.39 Å². The summed E-state index contributed by atoms with van der Waals surface area (Å²) in [4.78, 5) is 8.95. The quantitative estimate of drug-likeness (QED) is 0.513. The zero-order valence-electron chi connectivity index (χ0n) is 15.0. The number of aromatic nitrogens is 2. The number of nitrogens with two attached hydrogens (primary N) is 2. The largest absolute Gasteiger partial charge is 0.495 e. The Balaban J connectivity index is 1.65. The van der Waals surface area contributed by atoms with Crippen molar-refractivity contribution < 1.29 is 13.9 Å². The number of methoxy groups -OCH3 is 1. The summed E-state index contributed by atoms with van der Waals surface area (Å²) < 4.78 is 23.9. The standard InChI is InChI=1S/C21H17FN4O2/c1-27-19-11-18-16(10-17(19)23)20(24)26-21(25-18)12-2-6-14(7-3-12)28-15-8-4-13(22)5-9-15/h2-11H,23H2,1H3,(H2,24,25,26). The van der Waals surface area contributed by atoms with Crippen molar-refractivity contribution in [2.24, 2.45) is 0 Å². The number of anilines is 2. The van der Waals surface area contributed by atoms with Crippen LogP contribution in [0.15, 0.2) is 60.7 Å². The number of ether oxygens (including phenoxy) is 2. The monoisotopic (exact) mass is 376 g/mol. The summed E-state index contributed by atoms with van der Waals surface area (Å²) >= 11 is 0. The molecule has 140 valence electrons. The fourth-order valence-electron chi connectivity index (χ4n) is 2.81. The first-order valence-electron chi connectivity index (χ1n) is 8.48. The molecule has 28 heavy (non-hydrogen) atoms. The molecule has 0 bridgehead atoms. The highest BCUT2D eigenvalue weighted by Crippen LogP contribution is 2.31. The Morgan fingerprint density at radius 3 is 2.14 bits per heavy atom. The number of hydrogen-bond donors (Lipinski definition) is 2. The predicted octanol–water partition coefficient (Wildman–Crippen LogP) is 4.40. The molecule has 3 aromatic carbocycles. The third-order valence-corrected chi connectivity index (χ3v) is 4.24. The van der Waals surface area contributed by atoms with Crippen LogP contribution in [0, 0.1) is 5.82 Å². The Labute approximate surface area is 160 Å². The van der Waals surface area contributed by atoms with E-state index in [4.69, 9.17) is 20.9 Å². The molecule has 4 rings (SSSR count). The third-order valence-electron chi connectivity index (χ3n) is 4.24. The number of nitrogen functional groups attached to an aromatic ring is 2. The van der Waals surface area contributed by atoms with Crippen LogP contribution in [0.3, 0.4) is 0 Å². The SMILES string of the molecule is COc1cc2nc(-c3ccc(Oc4ccc(F)cc4)cc3)nc(N)c2cc1N. The lowest BCUT2D eigenvalue weighted by atomic mass is 10.1. The minimum Gasteiger partial charge on any atom is -0.495 e. The highest BCUT2D eigenvalue weighted by atomic mass is 19.1. The molecule has 0 fully saturated rings. The van der Waals surface area contributed by atoms with Gasteiger partial charge in [0.1, 0.15) is 28.9 Å². The normalized spacial score (nSPS) is 10.8. The molecule has 0 amide bonds. The zero-order valence-corrected chi connectivity index (χ0v) is 15.0. The van der Waals surface area contributed by atoms with Crippen molar-refractivity contribution in [2.45, 2.75) is 0 Å². The van der Waals surface area contributed by atoms with Crippen molar-refractivity contribution in [1.82, 2.24) is 9.97 Å². The number of rotatable bonds is 4. The van der Waals surface area contributed by atoms with Gasteiger partial charge < -0.3 is 20.9 Å². The van der Waals surface area contributed by atoms with Gasteiger partial charge in [-0.25, -0.2) is 14.4 Å². The van der Waals surface area contributed by atoms with Gasteiger partial charge in [-0.05, 0) is 54.6 Å². The summed E-state index contributed by atoms with van der Waals surface area (Å²) in [6.45, 7) is 0. The van der Waals surface area contributed by atoms with Crippen LogP contribution in [0.5, 0.6) is 17.2 Å². The van der Waals surface area contributed by atoms with Gasteiger partial charge in [0.25, 0.3) is 0 Å². The van der Waals surface area contributed by atoms with E-state index >= 15 is 0 Å². The number of benzene rings is 3. The maximum Gasteiger partial charge on any atom is 0.162 e. The molecule has 0 radical (unpaired) electrons. The number of hydrogen-bond acceptors (Lipinski definition) is 6. The lowest BCUT2D eigenvalue weighted by Crippen LogP contribution is -2.00. The molecule has 1 aromatic heterocycles. The summed E-state index contributed by atoms with van der Waals surface area (Å²) in [5.41, 5.74) is 13.9. The van der Waals surface area contributed by atoms with Crippen LogP contribution in [0.2, 0.25) is 0 Å². The van der Waals surface area contributed by atoms with Crippen LogP contribution in [0.4, 0.5) is 15.9 Å². The van der Waals surface area contributed by atoms with E-state index in [1.807, 2.05) is 12.1 Å². The van der Waals surface area contributed by atoms with Crippen LogP contribution in [-0.4, -0.2) is 17.1 Å². The molecule has 0 spiro atoms. The van der Waals surface area contributed by atoms with Crippen LogP contribution in [0.25, 0.3) is 22.3 Å². The van der Waals surface area contributed by atoms with E-state index in [-0.39, 0.29) is 5.82 Å². The lowest BCUT2D eigenvalue weighted by molar-refractivity contribution is 0.417. The van der Waals surface area contributed by atoms with Gasteiger partial charge in [-0.1, -0.05) is 0 Å². The van der Waals surface area contributed by atoms with Gasteiger partial charge in [0.2, 0.25) is 0 Å². The summed E-state index contributed by atoms with van der Waals surface area (Å²) in [7, 11) is 1.54. The van der Waals surface area contributed by atoms with Crippen molar-refractivity contribution in [3.63, 3.8) is 0 Å². The Morgan fingerprint density at radius 1 is 0.857 bits per heavy atom. The first kappa shape index (κ1) is 17.5. The van der Waals surface area contributed by atoms with Crippen molar-refractivity contribution in [3.8, 4) is 28.6 Å².